The summed E-state index contributed by atoms with van der Waals surface area (Å²) in [5, 5.41) is 3.55. The van der Waals surface area contributed by atoms with E-state index in [2.05, 4.69) is 5.32 Å². The molecule has 0 aromatic heterocycles. The number of hydrogen-bond acceptors (Lipinski definition) is 3. The zero-order valence-corrected chi connectivity index (χ0v) is 10.3. The predicted molar refractivity (Wildman–Crippen MR) is 64.2 cm³/mol. The molecule has 0 radical (unpaired) electrons. The van der Waals surface area contributed by atoms with Crippen LogP contribution in [0.2, 0.25) is 0 Å². The first-order valence-electron chi connectivity index (χ1n) is 5.79. The SMILES string of the molecule is CCCOCC(=O)NCC1CCCCS1. The summed E-state index contributed by atoms with van der Waals surface area (Å²) in [5.74, 6) is 1.27. The molecule has 4 heteroatoms. The molecule has 0 aromatic rings. The molecule has 1 heterocycles. The van der Waals surface area contributed by atoms with Crippen molar-refractivity contribution >= 4 is 17.7 Å². The van der Waals surface area contributed by atoms with Gasteiger partial charge in [0.25, 0.3) is 0 Å². The molecular formula is C11H21NO2S. The minimum absolute atomic E-state index is 0.0228. The lowest BCUT2D eigenvalue weighted by atomic mass is 10.2. The van der Waals surface area contributed by atoms with Crippen LogP contribution in [0.15, 0.2) is 0 Å². The number of thioether (sulfide) groups is 1. The van der Waals surface area contributed by atoms with E-state index in [9.17, 15) is 4.79 Å². The number of carbonyl (C=O) groups excluding carboxylic acids is 1. The van der Waals surface area contributed by atoms with E-state index in [1.54, 1.807) is 0 Å². The predicted octanol–water partition coefficient (Wildman–Crippen LogP) is 1.81. The molecule has 0 saturated carbocycles. The quantitative estimate of drug-likeness (QED) is 0.709. The molecule has 1 unspecified atom stereocenters. The van der Waals surface area contributed by atoms with Crippen LogP contribution in [0.5, 0.6) is 0 Å². The molecule has 1 aliphatic heterocycles. The molecule has 1 saturated heterocycles. The first-order valence-corrected chi connectivity index (χ1v) is 6.84. The Hall–Kier alpha value is -0.220. The van der Waals surface area contributed by atoms with Crippen LogP contribution in [-0.4, -0.2) is 36.7 Å². The van der Waals surface area contributed by atoms with Gasteiger partial charge in [-0.25, -0.2) is 0 Å². The van der Waals surface area contributed by atoms with Gasteiger partial charge in [-0.2, -0.15) is 11.8 Å². The molecule has 0 spiro atoms. The Bertz CT molecular complexity index is 181. The van der Waals surface area contributed by atoms with Gasteiger partial charge in [-0.1, -0.05) is 13.3 Å². The Balaban J connectivity index is 2.00. The highest BCUT2D eigenvalue weighted by atomic mass is 32.2. The van der Waals surface area contributed by atoms with Crippen LogP contribution in [-0.2, 0) is 9.53 Å². The summed E-state index contributed by atoms with van der Waals surface area (Å²) in [6, 6.07) is 0. The van der Waals surface area contributed by atoms with Crippen molar-refractivity contribution in [2.24, 2.45) is 0 Å². The smallest absolute Gasteiger partial charge is 0.246 e. The van der Waals surface area contributed by atoms with Crippen molar-refractivity contribution < 1.29 is 9.53 Å². The lowest BCUT2D eigenvalue weighted by Gasteiger charge is -2.21. The average Bonchev–Trinajstić information content (AvgIpc) is 2.28. The Morgan fingerprint density at radius 1 is 1.53 bits per heavy atom. The van der Waals surface area contributed by atoms with Crippen molar-refractivity contribution in [1.82, 2.24) is 5.32 Å². The van der Waals surface area contributed by atoms with Crippen molar-refractivity contribution in [2.75, 3.05) is 25.5 Å². The maximum Gasteiger partial charge on any atom is 0.246 e. The monoisotopic (exact) mass is 231 g/mol. The fourth-order valence-electron chi connectivity index (χ4n) is 1.56. The minimum Gasteiger partial charge on any atom is -0.372 e. The molecule has 1 rings (SSSR count). The zero-order chi connectivity index (χ0) is 10.9. The molecule has 0 aromatic carbocycles. The summed E-state index contributed by atoms with van der Waals surface area (Å²) >= 11 is 1.98. The van der Waals surface area contributed by atoms with Crippen LogP contribution in [0, 0.1) is 0 Å². The van der Waals surface area contributed by atoms with Crippen molar-refractivity contribution in [3.05, 3.63) is 0 Å². The lowest BCUT2D eigenvalue weighted by Crippen LogP contribution is -2.34. The van der Waals surface area contributed by atoms with Crippen molar-refractivity contribution in [2.45, 2.75) is 37.9 Å². The third-order valence-corrected chi connectivity index (χ3v) is 3.78. The third kappa shape index (κ3) is 6.05. The van der Waals surface area contributed by atoms with Crippen molar-refractivity contribution in [1.29, 1.82) is 0 Å². The van der Waals surface area contributed by atoms with Crippen molar-refractivity contribution in [3.8, 4) is 0 Å². The van der Waals surface area contributed by atoms with Gasteiger partial charge < -0.3 is 10.1 Å². The molecular weight excluding hydrogens is 210 g/mol. The average molecular weight is 231 g/mol. The highest BCUT2D eigenvalue weighted by Crippen LogP contribution is 2.24. The fourth-order valence-corrected chi connectivity index (χ4v) is 2.79. The maximum atomic E-state index is 11.3. The number of hydrogen-bond donors (Lipinski definition) is 1. The highest BCUT2D eigenvalue weighted by Gasteiger charge is 2.14. The number of ether oxygens (including phenoxy) is 1. The van der Waals surface area contributed by atoms with Crippen LogP contribution in [0.1, 0.15) is 32.6 Å². The largest absolute Gasteiger partial charge is 0.372 e. The number of nitrogens with one attached hydrogen (secondary N) is 1. The topological polar surface area (TPSA) is 38.3 Å². The summed E-state index contributed by atoms with van der Waals surface area (Å²) in [4.78, 5) is 11.3. The Labute approximate surface area is 96.3 Å². The molecule has 0 bridgehead atoms. The van der Waals surface area contributed by atoms with Crippen molar-refractivity contribution in [3.63, 3.8) is 0 Å². The first-order chi connectivity index (χ1) is 7.33. The van der Waals surface area contributed by atoms with Crippen LogP contribution in [0.4, 0.5) is 0 Å². The van der Waals surface area contributed by atoms with E-state index in [-0.39, 0.29) is 12.5 Å². The van der Waals surface area contributed by atoms with Gasteiger partial charge in [0.1, 0.15) is 6.61 Å². The van der Waals surface area contributed by atoms with Gasteiger partial charge in [-0.15, -0.1) is 0 Å². The van der Waals surface area contributed by atoms with Crippen LogP contribution in [0.3, 0.4) is 0 Å². The third-order valence-electron chi connectivity index (χ3n) is 2.38. The second-order valence-corrected chi connectivity index (χ2v) is 5.25. The number of carbonyl (C=O) groups is 1. The Morgan fingerprint density at radius 2 is 2.40 bits per heavy atom. The summed E-state index contributed by atoms with van der Waals surface area (Å²) in [6.07, 6.45) is 4.83. The van der Waals surface area contributed by atoms with Gasteiger partial charge in [0, 0.05) is 18.4 Å². The van der Waals surface area contributed by atoms with Gasteiger partial charge in [0.05, 0.1) is 0 Å². The molecule has 1 N–H and O–H groups in total. The van der Waals surface area contributed by atoms with Crippen LogP contribution in [0.25, 0.3) is 0 Å². The molecule has 1 fully saturated rings. The fraction of sp³-hybridized carbons (Fsp3) is 0.909. The summed E-state index contributed by atoms with van der Waals surface area (Å²) < 4.78 is 5.17. The minimum atomic E-state index is 0.0228. The standard InChI is InChI=1S/C11H21NO2S/c1-2-6-14-9-11(13)12-8-10-5-3-4-7-15-10/h10H,2-9H2,1H3,(H,12,13). The summed E-state index contributed by atoms with van der Waals surface area (Å²) in [6.45, 7) is 3.73. The van der Waals surface area contributed by atoms with E-state index in [0.29, 0.717) is 11.9 Å². The van der Waals surface area contributed by atoms with Gasteiger partial charge in [0.15, 0.2) is 0 Å². The number of amides is 1. The van der Waals surface area contributed by atoms with E-state index < -0.39 is 0 Å². The molecule has 1 amide bonds. The van der Waals surface area contributed by atoms with E-state index in [1.807, 2.05) is 18.7 Å². The van der Waals surface area contributed by atoms with Crippen LogP contribution < -0.4 is 5.32 Å². The highest BCUT2D eigenvalue weighted by molar-refractivity contribution is 7.99. The van der Waals surface area contributed by atoms with Crippen LogP contribution >= 0.6 is 11.8 Å². The Morgan fingerprint density at radius 3 is 3.07 bits per heavy atom. The molecule has 88 valence electrons. The van der Waals surface area contributed by atoms with E-state index in [0.717, 1.165) is 13.0 Å². The van der Waals surface area contributed by atoms with E-state index >= 15 is 0 Å². The second-order valence-electron chi connectivity index (χ2n) is 3.85. The zero-order valence-electron chi connectivity index (χ0n) is 9.46. The molecule has 1 atom stereocenters. The van der Waals surface area contributed by atoms with Gasteiger partial charge >= 0.3 is 0 Å². The number of rotatable bonds is 6. The van der Waals surface area contributed by atoms with E-state index in [4.69, 9.17) is 4.74 Å². The van der Waals surface area contributed by atoms with E-state index in [1.165, 1.54) is 25.0 Å². The molecule has 15 heavy (non-hydrogen) atoms. The van der Waals surface area contributed by atoms with Gasteiger partial charge in [-0.05, 0) is 25.0 Å². The Kier molecular flexibility index (Phi) is 6.85. The first kappa shape index (κ1) is 12.8. The second kappa shape index (κ2) is 7.99. The summed E-state index contributed by atoms with van der Waals surface area (Å²) in [7, 11) is 0. The lowest BCUT2D eigenvalue weighted by molar-refractivity contribution is -0.125. The molecule has 3 nitrogen and oxygen atoms in total. The molecule has 0 aliphatic carbocycles. The maximum absolute atomic E-state index is 11.3. The van der Waals surface area contributed by atoms with Gasteiger partial charge in [-0.3, -0.25) is 4.79 Å². The summed E-state index contributed by atoms with van der Waals surface area (Å²) in [5.41, 5.74) is 0. The molecule has 1 aliphatic rings. The normalized spacial score (nSPS) is 21.3. The van der Waals surface area contributed by atoms with Gasteiger partial charge in [0.2, 0.25) is 5.91 Å².